The van der Waals surface area contributed by atoms with Gasteiger partial charge in [-0.05, 0) is 47.2 Å². The van der Waals surface area contributed by atoms with Crippen molar-refractivity contribution in [3.05, 3.63) is 68.1 Å². The summed E-state index contributed by atoms with van der Waals surface area (Å²) in [6, 6.07) is 15.0. The van der Waals surface area contributed by atoms with Gasteiger partial charge in [-0.3, -0.25) is 0 Å². The summed E-state index contributed by atoms with van der Waals surface area (Å²) in [5, 5.41) is 0. The highest BCUT2D eigenvalue weighted by molar-refractivity contribution is 9.11. The summed E-state index contributed by atoms with van der Waals surface area (Å²) in [6.07, 6.45) is 0.848. The van der Waals surface area contributed by atoms with Crippen molar-refractivity contribution in [2.75, 3.05) is 0 Å². The Balaban J connectivity index is 2.12. The molecule has 20 heavy (non-hydrogen) atoms. The molecule has 2 aromatic carbocycles. The van der Waals surface area contributed by atoms with Crippen molar-refractivity contribution in [3.8, 4) is 0 Å². The van der Waals surface area contributed by atoms with Crippen LogP contribution in [0, 0.1) is 0 Å². The maximum Gasteiger partial charge on any atom is 0.0336 e. The van der Waals surface area contributed by atoms with Crippen LogP contribution >= 0.6 is 31.9 Å². The van der Waals surface area contributed by atoms with Gasteiger partial charge in [0.15, 0.2) is 0 Å². The average Bonchev–Trinajstić information content (AvgIpc) is 2.38. The minimum absolute atomic E-state index is 0.00806. The molecule has 2 aromatic rings. The van der Waals surface area contributed by atoms with Crippen LogP contribution in [0.2, 0.25) is 0 Å². The molecule has 0 aromatic heterocycles. The molecule has 1 unspecified atom stereocenters. The van der Waals surface area contributed by atoms with Crippen molar-refractivity contribution in [3.63, 3.8) is 0 Å². The standard InChI is InChI=1S/C17H19Br2N/c1-11(2)13-5-3-12(4-6-13)7-17(20)14-8-15(18)10-16(19)9-14/h3-6,8-11,17H,7,20H2,1-2H3. The molecule has 0 amide bonds. The van der Waals surface area contributed by atoms with Gasteiger partial charge in [-0.2, -0.15) is 0 Å². The molecular weight excluding hydrogens is 378 g/mol. The van der Waals surface area contributed by atoms with E-state index in [1.54, 1.807) is 0 Å². The fourth-order valence-corrected chi connectivity index (χ4v) is 3.53. The number of hydrogen-bond donors (Lipinski definition) is 1. The zero-order valence-electron chi connectivity index (χ0n) is 11.7. The topological polar surface area (TPSA) is 26.0 Å². The first-order valence-corrected chi connectivity index (χ1v) is 8.34. The lowest BCUT2D eigenvalue weighted by Crippen LogP contribution is -2.13. The van der Waals surface area contributed by atoms with Crippen molar-refractivity contribution in [1.29, 1.82) is 0 Å². The van der Waals surface area contributed by atoms with Crippen molar-refractivity contribution < 1.29 is 0 Å². The van der Waals surface area contributed by atoms with Gasteiger partial charge in [0.1, 0.15) is 0 Å². The first kappa shape index (κ1) is 15.7. The maximum absolute atomic E-state index is 6.32. The molecule has 0 fully saturated rings. The number of hydrogen-bond acceptors (Lipinski definition) is 1. The Morgan fingerprint density at radius 1 is 0.900 bits per heavy atom. The summed E-state index contributed by atoms with van der Waals surface area (Å²) in [6.45, 7) is 4.42. The van der Waals surface area contributed by atoms with Crippen LogP contribution in [0.1, 0.15) is 42.5 Å². The van der Waals surface area contributed by atoms with Gasteiger partial charge in [0.05, 0.1) is 0 Å². The van der Waals surface area contributed by atoms with E-state index in [1.807, 2.05) is 6.07 Å². The fraction of sp³-hybridized carbons (Fsp3) is 0.294. The van der Waals surface area contributed by atoms with E-state index in [0.717, 1.165) is 20.9 Å². The smallest absolute Gasteiger partial charge is 0.0336 e. The molecule has 0 saturated carbocycles. The van der Waals surface area contributed by atoms with E-state index < -0.39 is 0 Å². The normalized spacial score (nSPS) is 12.7. The molecule has 106 valence electrons. The second kappa shape index (κ2) is 6.88. The molecular formula is C17H19Br2N. The monoisotopic (exact) mass is 395 g/mol. The Kier molecular flexibility index (Phi) is 5.42. The Bertz CT molecular complexity index is 556. The molecule has 0 aliphatic heterocycles. The lowest BCUT2D eigenvalue weighted by atomic mass is 9.97. The van der Waals surface area contributed by atoms with E-state index in [1.165, 1.54) is 11.1 Å². The predicted octanol–water partition coefficient (Wildman–Crippen LogP) is 5.58. The highest BCUT2D eigenvalue weighted by Crippen LogP contribution is 2.25. The molecule has 1 nitrogen and oxygen atoms in total. The Morgan fingerprint density at radius 3 is 1.95 bits per heavy atom. The molecule has 3 heteroatoms. The van der Waals surface area contributed by atoms with Crippen LogP contribution < -0.4 is 5.73 Å². The highest BCUT2D eigenvalue weighted by Gasteiger charge is 2.09. The zero-order chi connectivity index (χ0) is 14.7. The maximum atomic E-state index is 6.32. The summed E-state index contributed by atoms with van der Waals surface area (Å²) in [5.41, 5.74) is 10.1. The first-order chi connectivity index (χ1) is 9.45. The molecule has 0 aliphatic carbocycles. The van der Waals surface area contributed by atoms with Gasteiger partial charge in [0.25, 0.3) is 0 Å². The summed E-state index contributed by atoms with van der Waals surface area (Å²) in [7, 11) is 0. The summed E-state index contributed by atoms with van der Waals surface area (Å²) in [4.78, 5) is 0. The van der Waals surface area contributed by atoms with Gasteiger partial charge < -0.3 is 5.73 Å². The van der Waals surface area contributed by atoms with Gasteiger partial charge in [-0.1, -0.05) is 70.0 Å². The predicted molar refractivity (Wildman–Crippen MR) is 93.0 cm³/mol. The van der Waals surface area contributed by atoms with E-state index in [2.05, 4.69) is 82.1 Å². The third-order valence-corrected chi connectivity index (χ3v) is 4.33. The molecule has 0 heterocycles. The van der Waals surface area contributed by atoms with Gasteiger partial charge in [-0.15, -0.1) is 0 Å². The fourth-order valence-electron chi connectivity index (χ4n) is 2.20. The molecule has 0 aliphatic rings. The van der Waals surface area contributed by atoms with E-state index in [0.29, 0.717) is 5.92 Å². The van der Waals surface area contributed by atoms with Gasteiger partial charge in [0.2, 0.25) is 0 Å². The number of halogens is 2. The van der Waals surface area contributed by atoms with Gasteiger partial charge in [0, 0.05) is 15.0 Å². The van der Waals surface area contributed by atoms with Crippen LogP contribution in [-0.2, 0) is 6.42 Å². The molecule has 0 bridgehead atoms. The van der Waals surface area contributed by atoms with E-state index >= 15 is 0 Å². The number of nitrogens with two attached hydrogens (primary N) is 1. The quantitative estimate of drug-likeness (QED) is 0.717. The minimum Gasteiger partial charge on any atom is -0.324 e. The largest absolute Gasteiger partial charge is 0.324 e. The van der Waals surface area contributed by atoms with Crippen molar-refractivity contribution in [1.82, 2.24) is 0 Å². The second-order valence-electron chi connectivity index (χ2n) is 5.41. The average molecular weight is 397 g/mol. The summed E-state index contributed by atoms with van der Waals surface area (Å²) < 4.78 is 2.10. The van der Waals surface area contributed by atoms with Crippen LogP contribution in [0.4, 0.5) is 0 Å². The molecule has 1 atom stereocenters. The second-order valence-corrected chi connectivity index (χ2v) is 7.24. The van der Waals surface area contributed by atoms with Crippen molar-refractivity contribution in [2.24, 2.45) is 5.73 Å². The van der Waals surface area contributed by atoms with Crippen LogP contribution in [0.3, 0.4) is 0 Å². The zero-order valence-corrected chi connectivity index (χ0v) is 14.9. The molecule has 0 spiro atoms. The van der Waals surface area contributed by atoms with Crippen molar-refractivity contribution >= 4 is 31.9 Å². The molecule has 2 N–H and O–H groups in total. The summed E-state index contributed by atoms with van der Waals surface area (Å²) >= 11 is 7.01. The number of benzene rings is 2. The van der Waals surface area contributed by atoms with Crippen LogP contribution in [0.5, 0.6) is 0 Å². The van der Waals surface area contributed by atoms with E-state index in [4.69, 9.17) is 5.73 Å². The van der Waals surface area contributed by atoms with E-state index in [-0.39, 0.29) is 6.04 Å². The lowest BCUT2D eigenvalue weighted by molar-refractivity contribution is 0.720. The third kappa shape index (κ3) is 4.18. The Hall–Kier alpha value is -0.640. The molecule has 0 saturated heterocycles. The van der Waals surface area contributed by atoms with Crippen molar-refractivity contribution in [2.45, 2.75) is 32.2 Å². The SMILES string of the molecule is CC(C)c1ccc(CC(N)c2cc(Br)cc(Br)c2)cc1. The van der Waals surface area contributed by atoms with Crippen LogP contribution in [0.25, 0.3) is 0 Å². The highest BCUT2D eigenvalue weighted by atomic mass is 79.9. The number of rotatable bonds is 4. The lowest BCUT2D eigenvalue weighted by Gasteiger charge is -2.14. The third-order valence-electron chi connectivity index (χ3n) is 3.42. The summed E-state index contributed by atoms with van der Waals surface area (Å²) in [5.74, 6) is 0.568. The van der Waals surface area contributed by atoms with Crippen LogP contribution in [-0.4, -0.2) is 0 Å². The van der Waals surface area contributed by atoms with Crippen LogP contribution in [0.15, 0.2) is 51.4 Å². The minimum atomic E-state index is 0.00806. The molecule has 2 rings (SSSR count). The Morgan fingerprint density at radius 2 is 1.45 bits per heavy atom. The Labute approximate surface area is 137 Å². The van der Waals surface area contributed by atoms with Gasteiger partial charge in [-0.25, -0.2) is 0 Å². The molecule has 0 radical (unpaired) electrons. The van der Waals surface area contributed by atoms with Gasteiger partial charge >= 0.3 is 0 Å². The first-order valence-electron chi connectivity index (χ1n) is 6.76. The van der Waals surface area contributed by atoms with E-state index in [9.17, 15) is 0 Å².